The minimum atomic E-state index is -1.33. The van der Waals surface area contributed by atoms with E-state index < -0.39 is 36.1 Å². The molecule has 0 spiro atoms. The van der Waals surface area contributed by atoms with Gasteiger partial charge < -0.3 is 24.7 Å². The first-order valence-electron chi connectivity index (χ1n) is 7.13. The number of carbonyl (C=O) groups is 3. The topological polar surface area (TPSA) is 105 Å². The van der Waals surface area contributed by atoms with Crippen LogP contribution in [0.2, 0.25) is 0 Å². The number of aliphatic carboxylic acids is 1. The lowest BCUT2D eigenvalue weighted by Crippen LogP contribution is -2.45. The number of nitrogens with one attached hydrogen (secondary N) is 1. The van der Waals surface area contributed by atoms with Crippen molar-refractivity contribution in [3.63, 3.8) is 0 Å². The highest BCUT2D eigenvalue weighted by atomic mass is 16.6. The number of rotatable bonds is 6. The Labute approximate surface area is 134 Å². The maximum Gasteiger partial charge on any atom is 0.408 e. The lowest BCUT2D eigenvalue weighted by molar-refractivity contribution is -0.305. The van der Waals surface area contributed by atoms with Gasteiger partial charge in [-0.2, -0.15) is 0 Å². The van der Waals surface area contributed by atoms with Gasteiger partial charge in [-0.1, -0.05) is 18.2 Å². The Morgan fingerprint density at radius 3 is 2.30 bits per heavy atom. The van der Waals surface area contributed by atoms with Gasteiger partial charge in [0.2, 0.25) is 0 Å². The SMILES string of the molecule is CC(C)(C)OC(=O)NC(CCC(=O)[O-])C(=O)Oc1ccccc1. The normalized spacial score (nSPS) is 12.1. The van der Waals surface area contributed by atoms with E-state index in [1.807, 2.05) is 0 Å². The number of hydrogen-bond acceptors (Lipinski definition) is 6. The van der Waals surface area contributed by atoms with Crippen LogP contribution >= 0.6 is 0 Å². The summed E-state index contributed by atoms with van der Waals surface area (Å²) in [4.78, 5) is 34.5. The first-order valence-corrected chi connectivity index (χ1v) is 7.13. The van der Waals surface area contributed by atoms with Crippen molar-refractivity contribution in [2.75, 3.05) is 0 Å². The monoisotopic (exact) mass is 322 g/mol. The molecule has 0 aliphatic heterocycles. The lowest BCUT2D eigenvalue weighted by atomic mass is 10.1. The zero-order valence-electron chi connectivity index (χ0n) is 13.3. The first kappa shape index (κ1) is 18.5. The first-order chi connectivity index (χ1) is 10.7. The van der Waals surface area contributed by atoms with E-state index in [0.29, 0.717) is 5.75 Å². The molecule has 7 heteroatoms. The van der Waals surface area contributed by atoms with Crippen LogP contribution in [0, 0.1) is 0 Å². The summed E-state index contributed by atoms with van der Waals surface area (Å²) in [6.45, 7) is 5.02. The van der Waals surface area contributed by atoms with Crippen LogP contribution in [0.3, 0.4) is 0 Å². The van der Waals surface area contributed by atoms with Gasteiger partial charge in [0.15, 0.2) is 0 Å². The summed E-state index contributed by atoms with van der Waals surface area (Å²) in [5.41, 5.74) is -0.744. The number of hydrogen-bond donors (Lipinski definition) is 1. The Bertz CT molecular complexity index is 549. The highest BCUT2D eigenvalue weighted by Crippen LogP contribution is 2.12. The van der Waals surface area contributed by atoms with Crippen LogP contribution in [-0.2, 0) is 14.3 Å². The smallest absolute Gasteiger partial charge is 0.408 e. The summed E-state index contributed by atoms with van der Waals surface area (Å²) in [6, 6.07) is 7.11. The molecular formula is C16H20NO6-. The molecule has 0 fully saturated rings. The molecule has 1 rings (SSSR count). The van der Waals surface area contributed by atoms with Crippen LogP contribution in [0.5, 0.6) is 5.75 Å². The fourth-order valence-electron chi connectivity index (χ4n) is 1.64. The van der Waals surface area contributed by atoms with Crippen molar-refractivity contribution in [3.05, 3.63) is 30.3 Å². The molecule has 23 heavy (non-hydrogen) atoms. The number of amides is 1. The van der Waals surface area contributed by atoms with Crippen molar-refractivity contribution in [2.45, 2.75) is 45.3 Å². The van der Waals surface area contributed by atoms with E-state index in [1.165, 1.54) is 0 Å². The van der Waals surface area contributed by atoms with Gasteiger partial charge in [-0.3, -0.25) is 0 Å². The molecule has 1 aromatic rings. The van der Waals surface area contributed by atoms with Crippen LogP contribution < -0.4 is 15.2 Å². The summed E-state index contributed by atoms with van der Waals surface area (Å²) >= 11 is 0. The van der Waals surface area contributed by atoms with Crippen molar-refractivity contribution in [1.82, 2.24) is 5.32 Å². The van der Waals surface area contributed by atoms with Crippen LogP contribution in [0.1, 0.15) is 33.6 Å². The van der Waals surface area contributed by atoms with Gasteiger partial charge in [0, 0.05) is 5.97 Å². The number of benzene rings is 1. The Morgan fingerprint density at radius 2 is 1.78 bits per heavy atom. The van der Waals surface area contributed by atoms with Crippen molar-refractivity contribution in [3.8, 4) is 5.75 Å². The third-order valence-corrected chi connectivity index (χ3v) is 2.57. The molecule has 0 saturated carbocycles. The second kappa shape index (κ2) is 8.17. The Morgan fingerprint density at radius 1 is 1.17 bits per heavy atom. The molecule has 1 atom stereocenters. The average molecular weight is 322 g/mol. The van der Waals surface area contributed by atoms with Gasteiger partial charge in [0.1, 0.15) is 17.4 Å². The number of carbonyl (C=O) groups excluding carboxylic acids is 3. The van der Waals surface area contributed by atoms with E-state index in [1.54, 1.807) is 51.1 Å². The fraction of sp³-hybridized carbons (Fsp3) is 0.438. The zero-order valence-corrected chi connectivity index (χ0v) is 13.3. The molecule has 1 amide bonds. The number of para-hydroxylation sites is 1. The van der Waals surface area contributed by atoms with Crippen LogP contribution in [0.15, 0.2) is 30.3 Å². The van der Waals surface area contributed by atoms with Gasteiger partial charge in [-0.15, -0.1) is 0 Å². The number of alkyl carbamates (subject to hydrolysis) is 1. The minimum absolute atomic E-state index is 0.159. The van der Waals surface area contributed by atoms with Crippen molar-refractivity contribution >= 4 is 18.0 Å². The molecule has 1 unspecified atom stereocenters. The van der Waals surface area contributed by atoms with E-state index in [9.17, 15) is 19.5 Å². The molecular weight excluding hydrogens is 302 g/mol. The molecule has 7 nitrogen and oxygen atoms in total. The van der Waals surface area contributed by atoms with E-state index in [2.05, 4.69) is 5.32 Å². The van der Waals surface area contributed by atoms with Crippen molar-refractivity contribution in [2.24, 2.45) is 0 Å². The maximum absolute atomic E-state index is 12.1. The van der Waals surface area contributed by atoms with E-state index >= 15 is 0 Å². The Hall–Kier alpha value is -2.57. The number of esters is 1. The highest BCUT2D eigenvalue weighted by molar-refractivity contribution is 5.83. The number of carboxylic acids is 1. The molecule has 0 aromatic heterocycles. The average Bonchev–Trinajstić information content (AvgIpc) is 2.42. The van der Waals surface area contributed by atoms with E-state index in [0.717, 1.165) is 0 Å². The summed E-state index contributed by atoms with van der Waals surface area (Å²) in [5.74, 6) is -1.81. The number of carboxylic acid groups (broad SMARTS) is 1. The van der Waals surface area contributed by atoms with Gasteiger partial charge in [-0.25, -0.2) is 9.59 Å². The fourth-order valence-corrected chi connectivity index (χ4v) is 1.64. The van der Waals surface area contributed by atoms with Crippen molar-refractivity contribution < 1.29 is 29.0 Å². The minimum Gasteiger partial charge on any atom is -0.550 e. The molecule has 0 heterocycles. The Kier molecular flexibility index (Phi) is 6.56. The molecule has 0 aliphatic carbocycles. The van der Waals surface area contributed by atoms with Crippen molar-refractivity contribution in [1.29, 1.82) is 0 Å². The maximum atomic E-state index is 12.1. The quantitative estimate of drug-likeness (QED) is 0.619. The predicted molar refractivity (Wildman–Crippen MR) is 79.5 cm³/mol. The second-order valence-electron chi connectivity index (χ2n) is 5.84. The molecule has 126 valence electrons. The Balaban J connectivity index is 2.72. The van der Waals surface area contributed by atoms with Gasteiger partial charge in [-0.05, 0) is 45.7 Å². The molecule has 0 saturated heterocycles. The van der Waals surface area contributed by atoms with Crippen LogP contribution in [-0.4, -0.2) is 29.7 Å². The standard InChI is InChI=1S/C16H21NO6/c1-16(2,3)23-15(21)17-12(9-10-13(18)19)14(20)22-11-7-5-4-6-8-11/h4-8,12H,9-10H2,1-3H3,(H,17,21)(H,18,19)/p-1. The van der Waals surface area contributed by atoms with E-state index in [4.69, 9.17) is 9.47 Å². The molecule has 0 radical (unpaired) electrons. The van der Waals surface area contributed by atoms with Gasteiger partial charge in [0.05, 0.1) is 0 Å². The summed E-state index contributed by atoms with van der Waals surface area (Å²) in [7, 11) is 0. The summed E-state index contributed by atoms with van der Waals surface area (Å²) < 4.78 is 10.2. The van der Waals surface area contributed by atoms with E-state index in [-0.39, 0.29) is 6.42 Å². The van der Waals surface area contributed by atoms with Gasteiger partial charge in [0.25, 0.3) is 0 Å². The second-order valence-corrected chi connectivity index (χ2v) is 5.84. The molecule has 1 aromatic carbocycles. The molecule has 1 N–H and O–H groups in total. The number of ether oxygens (including phenoxy) is 2. The van der Waals surface area contributed by atoms with Crippen LogP contribution in [0.4, 0.5) is 4.79 Å². The molecule has 0 bridgehead atoms. The van der Waals surface area contributed by atoms with Gasteiger partial charge >= 0.3 is 12.1 Å². The molecule has 0 aliphatic rings. The zero-order chi connectivity index (χ0) is 17.5. The third-order valence-electron chi connectivity index (χ3n) is 2.57. The highest BCUT2D eigenvalue weighted by Gasteiger charge is 2.25. The lowest BCUT2D eigenvalue weighted by Gasteiger charge is -2.23. The summed E-state index contributed by atoms with van der Waals surface area (Å²) in [6.07, 6.45) is -1.39. The third kappa shape index (κ3) is 7.85. The van der Waals surface area contributed by atoms with Crippen LogP contribution in [0.25, 0.3) is 0 Å². The predicted octanol–water partition coefficient (Wildman–Crippen LogP) is 1.02. The summed E-state index contributed by atoms with van der Waals surface area (Å²) in [5, 5.41) is 12.9. The largest absolute Gasteiger partial charge is 0.550 e.